The van der Waals surface area contributed by atoms with E-state index in [1.807, 2.05) is 20.8 Å². The van der Waals surface area contributed by atoms with Crippen molar-refractivity contribution in [2.75, 3.05) is 11.9 Å². The molecule has 1 aliphatic rings. The third kappa shape index (κ3) is 2.50. The number of benzene rings is 1. The summed E-state index contributed by atoms with van der Waals surface area (Å²) < 4.78 is 0. The number of rotatable bonds is 3. The first-order valence-corrected chi connectivity index (χ1v) is 9.00. The quantitative estimate of drug-likeness (QED) is 0.811. The lowest BCUT2D eigenvalue weighted by atomic mass is 9.74. The number of anilines is 1. The molecule has 2 aromatic rings. The number of thiophene rings is 1. The van der Waals surface area contributed by atoms with Crippen molar-refractivity contribution in [2.45, 2.75) is 31.7 Å². The van der Waals surface area contributed by atoms with Gasteiger partial charge >= 0.3 is 5.97 Å². The summed E-state index contributed by atoms with van der Waals surface area (Å²) in [5.41, 5.74) is -0.996. The largest absolute Gasteiger partial charge is 0.477 e. The molecular formula is C19H20N2O4S. The zero-order chi connectivity index (χ0) is 19.3. The molecule has 0 spiro atoms. The van der Waals surface area contributed by atoms with Crippen LogP contribution < -0.4 is 10.2 Å². The number of hydrogen-bond donors (Lipinski definition) is 2. The Morgan fingerprint density at radius 3 is 2.42 bits per heavy atom. The van der Waals surface area contributed by atoms with Crippen LogP contribution in [0, 0.1) is 0 Å². The second kappa shape index (κ2) is 5.95. The summed E-state index contributed by atoms with van der Waals surface area (Å²) in [7, 11) is 1.60. The van der Waals surface area contributed by atoms with Gasteiger partial charge in [0.05, 0.1) is 0 Å². The third-order valence-corrected chi connectivity index (χ3v) is 5.29. The lowest BCUT2D eigenvalue weighted by molar-refractivity contribution is -0.134. The van der Waals surface area contributed by atoms with Crippen LogP contribution in [0.1, 0.15) is 41.6 Å². The maximum Gasteiger partial charge on any atom is 0.346 e. The summed E-state index contributed by atoms with van der Waals surface area (Å²) in [6, 6.07) is 8.56. The van der Waals surface area contributed by atoms with Gasteiger partial charge in [0.1, 0.15) is 4.88 Å². The Bertz CT molecular complexity index is 912. The van der Waals surface area contributed by atoms with Crippen molar-refractivity contribution < 1.29 is 19.5 Å². The smallest absolute Gasteiger partial charge is 0.346 e. The van der Waals surface area contributed by atoms with Gasteiger partial charge in [-0.25, -0.2) is 4.79 Å². The Labute approximate surface area is 155 Å². The topological polar surface area (TPSA) is 86.7 Å². The standard InChI is InChI=1S/C19H20N2O4S/c1-18(2,3)20-16(24)19(12-9-10-26-14(12)15(22)23)11-7-5-6-8-13(11)21(4)17(19)25/h5-10H,1-4H3,(H,20,24)(H,22,23). The van der Waals surface area contributed by atoms with Crippen LogP contribution in [0.15, 0.2) is 35.7 Å². The van der Waals surface area contributed by atoms with Gasteiger partial charge in [-0.2, -0.15) is 0 Å². The lowest BCUT2D eigenvalue weighted by Gasteiger charge is -2.31. The number of aromatic carboxylic acids is 1. The molecule has 3 rings (SSSR count). The van der Waals surface area contributed by atoms with Crippen LogP contribution in [0.4, 0.5) is 5.69 Å². The highest BCUT2D eigenvalue weighted by Crippen LogP contribution is 2.48. The number of hydrogen-bond acceptors (Lipinski definition) is 4. The van der Waals surface area contributed by atoms with Crippen LogP contribution in [0.3, 0.4) is 0 Å². The van der Waals surface area contributed by atoms with E-state index in [0.717, 1.165) is 11.3 Å². The molecule has 0 bridgehead atoms. The summed E-state index contributed by atoms with van der Waals surface area (Å²) in [5.74, 6) is -2.13. The van der Waals surface area contributed by atoms with E-state index >= 15 is 0 Å². The van der Waals surface area contributed by atoms with Gasteiger partial charge in [0.2, 0.25) is 5.91 Å². The Morgan fingerprint density at radius 1 is 1.15 bits per heavy atom. The molecule has 1 aromatic heterocycles. The van der Waals surface area contributed by atoms with E-state index in [0.29, 0.717) is 11.3 Å². The van der Waals surface area contributed by atoms with Crippen LogP contribution >= 0.6 is 11.3 Å². The normalized spacial score (nSPS) is 19.4. The first-order valence-electron chi connectivity index (χ1n) is 8.12. The molecule has 0 saturated carbocycles. The van der Waals surface area contributed by atoms with E-state index in [1.165, 1.54) is 4.90 Å². The highest BCUT2D eigenvalue weighted by atomic mass is 32.1. The van der Waals surface area contributed by atoms with Crippen LogP contribution in [0.25, 0.3) is 0 Å². The molecule has 136 valence electrons. The molecule has 1 unspecified atom stereocenters. The number of nitrogens with zero attached hydrogens (tertiary/aromatic N) is 1. The SMILES string of the molecule is CN1C(=O)C(C(=O)NC(C)(C)C)(c2ccsc2C(=O)O)c2ccccc21. The third-order valence-electron chi connectivity index (χ3n) is 4.39. The molecular weight excluding hydrogens is 352 g/mol. The van der Waals surface area contributed by atoms with Crippen molar-refractivity contribution in [3.8, 4) is 0 Å². The number of amides is 2. The fourth-order valence-electron chi connectivity index (χ4n) is 3.37. The van der Waals surface area contributed by atoms with E-state index in [9.17, 15) is 19.5 Å². The van der Waals surface area contributed by atoms with Gasteiger partial charge in [0.25, 0.3) is 5.91 Å². The molecule has 7 heteroatoms. The van der Waals surface area contributed by atoms with Crippen molar-refractivity contribution in [3.05, 3.63) is 51.7 Å². The summed E-state index contributed by atoms with van der Waals surface area (Å²) >= 11 is 1.01. The Hall–Kier alpha value is -2.67. The number of likely N-dealkylation sites (N-methyl/N-ethyl adjacent to an activating group) is 1. The molecule has 1 aromatic carbocycles. The minimum atomic E-state index is -1.72. The summed E-state index contributed by atoms with van der Waals surface area (Å²) in [6.07, 6.45) is 0. The molecule has 2 N–H and O–H groups in total. The Balaban J connectivity index is 2.35. The van der Waals surface area contributed by atoms with Gasteiger partial charge < -0.3 is 15.3 Å². The zero-order valence-electron chi connectivity index (χ0n) is 15.0. The molecule has 1 aliphatic heterocycles. The van der Waals surface area contributed by atoms with E-state index in [1.54, 1.807) is 42.8 Å². The average molecular weight is 372 g/mol. The first-order chi connectivity index (χ1) is 12.1. The maximum atomic E-state index is 13.4. The maximum absolute atomic E-state index is 13.4. The second-order valence-corrected chi connectivity index (χ2v) is 8.22. The predicted molar refractivity (Wildman–Crippen MR) is 99.8 cm³/mol. The molecule has 2 heterocycles. The molecule has 2 amide bonds. The van der Waals surface area contributed by atoms with Gasteiger partial charge in [-0.15, -0.1) is 11.3 Å². The van der Waals surface area contributed by atoms with Crippen molar-refractivity contribution in [1.29, 1.82) is 0 Å². The fourth-order valence-corrected chi connectivity index (χ4v) is 4.16. The van der Waals surface area contributed by atoms with Gasteiger partial charge in [-0.05, 0) is 38.3 Å². The molecule has 6 nitrogen and oxygen atoms in total. The molecule has 0 fully saturated rings. The van der Waals surface area contributed by atoms with Crippen LogP contribution in [0.2, 0.25) is 0 Å². The molecule has 0 aliphatic carbocycles. The van der Waals surface area contributed by atoms with Gasteiger partial charge in [0, 0.05) is 29.4 Å². The molecule has 0 radical (unpaired) electrons. The number of carbonyl (C=O) groups excluding carboxylic acids is 2. The number of nitrogens with one attached hydrogen (secondary N) is 1. The number of fused-ring (bicyclic) bond motifs is 1. The Kier molecular flexibility index (Phi) is 4.15. The first kappa shape index (κ1) is 18.1. The van der Waals surface area contributed by atoms with Gasteiger partial charge in [-0.3, -0.25) is 9.59 Å². The average Bonchev–Trinajstić information content (AvgIpc) is 3.10. The van der Waals surface area contributed by atoms with Crippen molar-refractivity contribution >= 4 is 34.8 Å². The minimum absolute atomic E-state index is 0.00693. The monoisotopic (exact) mass is 372 g/mol. The van der Waals surface area contributed by atoms with Crippen molar-refractivity contribution in [3.63, 3.8) is 0 Å². The van der Waals surface area contributed by atoms with Gasteiger partial charge in [-0.1, -0.05) is 18.2 Å². The number of carboxylic acids is 1. The van der Waals surface area contributed by atoms with E-state index < -0.39 is 28.7 Å². The number of para-hydroxylation sites is 1. The molecule has 26 heavy (non-hydrogen) atoms. The highest BCUT2D eigenvalue weighted by molar-refractivity contribution is 7.12. The van der Waals surface area contributed by atoms with Gasteiger partial charge in [0.15, 0.2) is 5.41 Å². The van der Waals surface area contributed by atoms with Crippen LogP contribution in [0.5, 0.6) is 0 Å². The fraction of sp³-hybridized carbons (Fsp3) is 0.316. The summed E-state index contributed by atoms with van der Waals surface area (Å²) in [5, 5.41) is 14.1. The highest BCUT2D eigenvalue weighted by Gasteiger charge is 2.58. The molecule has 0 saturated heterocycles. The summed E-state index contributed by atoms with van der Waals surface area (Å²) in [4.78, 5) is 39.9. The van der Waals surface area contributed by atoms with Crippen molar-refractivity contribution in [2.24, 2.45) is 0 Å². The second-order valence-electron chi connectivity index (χ2n) is 7.30. The number of carbonyl (C=O) groups is 3. The van der Waals surface area contributed by atoms with Crippen LogP contribution in [-0.4, -0.2) is 35.5 Å². The minimum Gasteiger partial charge on any atom is -0.477 e. The van der Waals surface area contributed by atoms with E-state index in [2.05, 4.69) is 5.32 Å². The van der Waals surface area contributed by atoms with E-state index in [4.69, 9.17) is 0 Å². The van der Waals surface area contributed by atoms with Crippen LogP contribution in [-0.2, 0) is 15.0 Å². The molecule has 1 atom stereocenters. The van der Waals surface area contributed by atoms with E-state index in [-0.39, 0.29) is 10.4 Å². The predicted octanol–water partition coefficient (Wildman–Crippen LogP) is 2.62. The lowest BCUT2D eigenvalue weighted by Crippen LogP contribution is -2.56. The summed E-state index contributed by atoms with van der Waals surface area (Å²) in [6.45, 7) is 5.46. The Morgan fingerprint density at radius 2 is 1.81 bits per heavy atom. The zero-order valence-corrected chi connectivity index (χ0v) is 15.8. The number of carboxylic acid groups (broad SMARTS) is 1. The van der Waals surface area contributed by atoms with Crippen molar-refractivity contribution in [1.82, 2.24) is 5.32 Å².